The maximum absolute atomic E-state index is 14.9. The maximum Gasteiger partial charge on any atom is 0.252 e. The summed E-state index contributed by atoms with van der Waals surface area (Å²) in [6, 6.07) is 7.62. The molecule has 6 nitrogen and oxygen atoms in total. The molecule has 0 aromatic heterocycles. The van der Waals surface area contributed by atoms with Gasteiger partial charge in [0.25, 0.3) is 17.7 Å². The second-order valence-corrected chi connectivity index (χ2v) is 10.5. The zero-order valence-electron chi connectivity index (χ0n) is 20.8. The van der Waals surface area contributed by atoms with Gasteiger partial charge in [0.2, 0.25) is 0 Å². The summed E-state index contributed by atoms with van der Waals surface area (Å²) < 4.78 is 14.9. The Bertz CT molecular complexity index is 1110. The van der Waals surface area contributed by atoms with E-state index < -0.39 is 5.82 Å². The van der Waals surface area contributed by atoms with E-state index in [-0.39, 0.29) is 46.3 Å². The van der Waals surface area contributed by atoms with E-state index in [2.05, 4.69) is 16.0 Å². The van der Waals surface area contributed by atoms with E-state index in [0.29, 0.717) is 28.8 Å². The molecule has 0 heterocycles. The SMILES string of the molecule is Cc1c(F)cc(C(=O)NC2CC2)cc1-c1ccc(C(=O)NCC(C)(C)C)cc1C(=O)NC(C)C. The molecule has 7 heteroatoms. The van der Waals surface area contributed by atoms with Gasteiger partial charge in [0.05, 0.1) is 0 Å². The van der Waals surface area contributed by atoms with Crippen molar-refractivity contribution in [2.24, 2.45) is 5.41 Å². The third kappa shape index (κ3) is 6.43. The molecule has 3 amide bonds. The van der Waals surface area contributed by atoms with Crippen molar-refractivity contribution in [2.75, 3.05) is 6.54 Å². The monoisotopic (exact) mass is 467 g/mol. The Morgan fingerprint density at radius 1 is 0.971 bits per heavy atom. The summed E-state index contributed by atoms with van der Waals surface area (Å²) in [4.78, 5) is 38.4. The van der Waals surface area contributed by atoms with Crippen molar-refractivity contribution >= 4 is 17.7 Å². The molecule has 3 rings (SSSR count). The first-order chi connectivity index (χ1) is 15.9. The van der Waals surface area contributed by atoms with Crippen LogP contribution in [0.25, 0.3) is 11.1 Å². The van der Waals surface area contributed by atoms with E-state index in [1.165, 1.54) is 12.1 Å². The lowest BCUT2D eigenvalue weighted by Gasteiger charge is -2.20. The average Bonchev–Trinajstić information content (AvgIpc) is 3.56. The molecule has 3 N–H and O–H groups in total. The lowest BCUT2D eigenvalue weighted by molar-refractivity contribution is 0.0934. The molecule has 0 saturated heterocycles. The summed E-state index contributed by atoms with van der Waals surface area (Å²) in [7, 11) is 0. The Balaban J connectivity index is 2.05. The van der Waals surface area contributed by atoms with E-state index in [0.717, 1.165) is 12.8 Å². The van der Waals surface area contributed by atoms with Crippen LogP contribution in [0.2, 0.25) is 0 Å². The van der Waals surface area contributed by atoms with Crippen molar-refractivity contribution in [1.29, 1.82) is 0 Å². The van der Waals surface area contributed by atoms with Crippen LogP contribution in [0.3, 0.4) is 0 Å². The first-order valence-corrected chi connectivity index (χ1v) is 11.7. The van der Waals surface area contributed by atoms with Gasteiger partial charge in [0.1, 0.15) is 5.82 Å². The number of amides is 3. The summed E-state index contributed by atoms with van der Waals surface area (Å²) in [6.07, 6.45) is 1.84. The molecule has 182 valence electrons. The maximum atomic E-state index is 14.9. The number of benzene rings is 2. The topological polar surface area (TPSA) is 87.3 Å². The predicted octanol–water partition coefficient (Wildman–Crippen LogP) is 4.61. The number of hydrogen-bond acceptors (Lipinski definition) is 3. The van der Waals surface area contributed by atoms with Gasteiger partial charge in [-0.2, -0.15) is 0 Å². The van der Waals surface area contributed by atoms with Crippen molar-refractivity contribution < 1.29 is 18.8 Å². The van der Waals surface area contributed by atoms with Crippen LogP contribution in [0.1, 0.15) is 84.1 Å². The van der Waals surface area contributed by atoms with Crippen molar-refractivity contribution in [2.45, 2.75) is 66.5 Å². The van der Waals surface area contributed by atoms with Crippen molar-refractivity contribution in [3.8, 4) is 11.1 Å². The van der Waals surface area contributed by atoms with Gasteiger partial charge in [-0.1, -0.05) is 26.8 Å². The van der Waals surface area contributed by atoms with E-state index in [1.54, 1.807) is 25.1 Å². The highest BCUT2D eigenvalue weighted by Gasteiger charge is 2.26. The van der Waals surface area contributed by atoms with Crippen LogP contribution >= 0.6 is 0 Å². The minimum atomic E-state index is -0.527. The number of nitrogens with one attached hydrogen (secondary N) is 3. The van der Waals surface area contributed by atoms with E-state index in [1.807, 2.05) is 34.6 Å². The van der Waals surface area contributed by atoms with Crippen LogP contribution in [-0.4, -0.2) is 36.3 Å². The van der Waals surface area contributed by atoms with Gasteiger partial charge in [-0.05, 0) is 80.0 Å². The Kier molecular flexibility index (Phi) is 7.44. The number of carbonyl (C=O) groups excluding carboxylic acids is 3. The van der Waals surface area contributed by atoms with Crippen LogP contribution in [0, 0.1) is 18.2 Å². The summed E-state index contributed by atoms with van der Waals surface area (Å²) in [5, 5.41) is 8.62. The highest BCUT2D eigenvalue weighted by Crippen LogP contribution is 2.31. The minimum Gasteiger partial charge on any atom is -0.352 e. The summed E-state index contributed by atoms with van der Waals surface area (Å²) >= 11 is 0. The normalized spacial score (nSPS) is 13.5. The van der Waals surface area contributed by atoms with Crippen LogP contribution in [-0.2, 0) is 0 Å². The van der Waals surface area contributed by atoms with Gasteiger partial charge in [0.15, 0.2) is 0 Å². The van der Waals surface area contributed by atoms with Gasteiger partial charge in [-0.15, -0.1) is 0 Å². The molecule has 2 aromatic carbocycles. The summed E-state index contributed by atoms with van der Waals surface area (Å²) in [5.41, 5.74) is 1.92. The lowest BCUT2D eigenvalue weighted by Crippen LogP contribution is -2.33. The fourth-order valence-corrected chi connectivity index (χ4v) is 3.48. The summed E-state index contributed by atoms with van der Waals surface area (Å²) in [5.74, 6) is -1.53. The van der Waals surface area contributed by atoms with Crippen LogP contribution in [0.5, 0.6) is 0 Å². The quantitative estimate of drug-likeness (QED) is 0.556. The zero-order valence-corrected chi connectivity index (χ0v) is 20.8. The van der Waals surface area contributed by atoms with Gasteiger partial charge in [0, 0.05) is 35.3 Å². The van der Waals surface area contributed by atoms with Crippen molar-refractivity contribution in [3.05, 3.63) is 58.4 Å². The molecule has 0 bridgehead atoms. The van der Waals surface area contributed by atoms with Crippen molar-refractivity contribution in [3.63, 3.8) is 0 Å². The van der Waals surface area contributed by atoms with Gasteiger partial charge >= 0.3 is 0 Å². The number of halogens is 1. The van der Waals surface area contributed by atoms with Gasteiger partial charge in [-0.3, -0.25) is 14.4 Å². The molecule has 2 aromatic rings. The third-order valence-corrected chi connectivity index (χ3v) is 5.53. The van der Waals surface area contributed by atoms with Gasteiger partial charge in [-0.25, -0.2) is 4.39 Å². The van der Waals surface area contributed by atoms with Crippen LogP contribution in [0.4, 0.5) is 4.39 Å². The first-order valence-electron chi connectivity index (χ1n) is 11.7. The average molecular weight is 468 g/mol. The van der Waals surface area contributed by atoms with Gasteiger partial charge < -0.3 is 16.0 Å². The fraction of sp³-hybridized carbons (Fsp3) is 0.444. The molecular formula is C27H34FN3O3. The fourth-order valence-electron chi connectivity index (χ4n) is 3.48. The lowest BCUT2D eigenvalue weighted by atomic mass is 9.91. The summed E-state index contributed by atoms with van der Waals surface area (Å²) in [6.45, 7) is 11.8. The number of carbonyl (C=O) groups is 3. The van der Waals surface area contributed by atoms with E-state index in [9.17, 15) is 18.8 Å². The molecule has 34 heavy (non-hydrogen) atoms. The molecule has 0 aliphatic heterocycles. The smallest absolute Gasteiger partial charge is 0.252 e. The van der Waals surface area contributed by atoms with E-state index >= 15 is 0 Å². The zero-order chi connectivity index (χ0) is 25.2. The second kappa shape index (κ2) is 9.95. The van der Waals surface area contributed by atoms with Crippen molar-refractivity contribution in [1.82, 2.24) is 16.0 Å². The molecule has 0 atom stereocenters. The number of rotatable bonds is 7. The van der Waals surface area contributed by atoms with E-state index in [4.69, 9.17) is 0 Å². The molecule has 1 aliphatic carbocycles. The van der Waals surface area contributed by atoms with Crippen LogP contribution < -0.4 is 16.0 Å². The third-order valence-electron chi connectivity index (χ3n) is 5.53. The molecule has 0 spiro atoms. The molecule has 1 aliphatic rings. The Hall–Kier alpha value is -3.22. The standard InChI is InChI=1S/C27H34FN3O3/c1-15(2)30-26(34)22-11-17(24(32)29-14-27(4,5)6)7-10-20(22)21-12-18(13-23(28)16(21)3)25(33)31-19-8-9-19/h7,10-13,15,19H,8-9,14H2,1-6H3,(H,29,32)(H,30,34)(H,31,33). The number of hydrogen-bond donors (Lipinski definition) is 3. The molecule has 1 saturated carbocycles. The second-order valence-electron chi connectivity index (χ2n) is 10.5. The van der Waals surface area contributed by atoms with Crippen LogP contribution in [0.15, 0.2) is 30.3 Å². The Labute approximate surface area is 200 Å². The minimum absolute atomic E-state index is 0.0937. The predicted molar refractivity (Wildman–Crippen MR) is 131 cm³/mol. The molecular weight excluding hydrogens is 433 g/mol. The molecule has 0 radical (unpaired) electrons. The Morgan fingerprint density at radius 2 is 1.65 bits per heavy atom. The largest absolute Gasteiger partial charge is 0.352 e. The molecule has 1 fully saturated rings. The molecule has 0 unspecified atom stereocenters. The first kappa shape index (κ1) is 25.4. The highest BCUT2D eigenvalue weighted by molar-refractivity contribution is 6.05. The Morgan fingerprint density at radius 3 is 2.24 bits per heavy atom. The highest BCUT2D eigenvalue weighted by atomic mass is 19.1.